The molecule has 0 bridgehead atoms. The fourth-order valence-electron chi connectivity index (χ4n) is 1.68. The Morgan fingerprint density at radius 2 is 2.10 bits per heavy atom. The van der Waals surface area contributed by atoms with Crippen molar-refractivity contribution in [2.45, 2.75) is 25.9 Å². The lowest BCUT2D eigenvalue weighted by atomic mass is 10.1. The van der Waals surface area contributed by atoms with Crippen molar-refractivity contribution in [2.75, 3.05) is 13.2 Å². The minimum Gasteiger partial charge on any atom is -0.396 e. The van der Waals surface area contributed by atoms with Gasteiger partial charge in [-0.1, -0.05) is 13.0 Å². The molecule has 0 aliphatic carbocycles. The molecule has 20 heavy (non-hydrogen) atoms. The number of hydrogen-bond donors (Lipinski definition) is 2. The lowest BCUT2D eigenvalue weighted by Gasteiger charge is -2.10. The third-order valence-electron chi connectivity index (χ3n) is 2.92. The Hall–Kier alpha value is -1.56. The van der Waals surface area contributed by atoms with Gasteiger partial charge in [-0.2, -0.15) is 13.2 Å². The number of halogens is 3. The molecule has 1 rings (SSSR count). The molecule has 0 saturated carbocycles. The predicted octanol–water partition coefficient (Wildman–Crippen LogP) is 2.84. The zero-order chi connectivity index (χ0) is 15.2. The molecule has 1 unspecified atom stereocenters. The average molecular weight is 289 g/mol. The van der Waals surface area contributed by atoms with E-state index in [0.717, 1.165) is 18.6 Å². The standard InChI is InChI=1S/C14H18F3NO2/c1-10(9-19)4-3-7-18-13(20)11-5-2-6-12(8-11)14(15,16)17/h2,5-6,8,10,19H,3-4,7,9H2,1H3,(H,18,20). The number of aliphatic hydroxyl groups excluding tert-OH is 1. The van der Waals surface area contributed by atoms with Crippen LogP contribution < -0.4 is 5.32 Å². The first-order chi connectivity index (χ1) is 9.34. The van der Waals surface area contributed by atoms with Crippen LogP contribution in [0, 0.1) is 5.92 Å². The van der Waals surface area contributed by atoms with Crippen LogP contribution in [0.3, 0.4) is 0 Å². The number of carbonyl (C=O) groups excluding carboxylic acids is 1. The third kappa shape index (κ3) is 5.21. The maximum atomic E-state index is 12.5. The first-order valence-electron chi connectivity index (χ1n) is 6.41. The molecule has 0 aromatic heterocycles. The first kappa shape index (κ1) is 16.5. The fourth-order valence-corrected chi connectivity index (χ4v) is 1.68. The summed E-state index contributed by atoms with van der Waals surface area (Å²) in [6.07, 6.45) is -3.03. The van der Waals surface area contributed by atoms with Gasteiger partial charge in [0.05, 0.1) is 5.56 Å². The smallest absolute Gasteiger partial charge is 0.396 e. The van der Waals surface area contributed by atoms with Gasteiger partial charge in [-0.15, -0.1) is 0 Å². The number of nitrogens with one attached hydrogen (secondary N) is 1. The van der Waals surface area contributed by atoms with E-state index >= 15 is 0 Å². The molecule has 3 nitrogen and oxygen atoms in total. The van der Waals surface area contributed by atoms with Crippen molar-refractivity contribution in [3.63, 3.8) is 0 Å². The minimum absolute atomic E-state index is 0.00460. The van der Waals surface area contributed by atoms with Gasteiger partial charge in [-0.05, 0) is 37.0 Å². The zero-order valence-electron chi connectivity index (χ0n) is 11.2. The maximum Gasteiger partial charge on any atom is 0.416 e. The topological polar surface area (TPSA) is 49.3 Å². The lowest BCUT2D eigenvalue weighted by Crippen LogP contribution is -2.25. The second kappa shape index (κ2) is 7.28. The van der Waals surface area contributed by atoms with Crippen molar-refractivity contribution >= 4 is 5.91 Å². The highest BCUT2D eigenvalue weighted by molar-refractivity contribution is 5.94. The minimum atomic E-state index is -4.45. The van der Waals surface area contributed by atoms with Crippen LogP contribution in [0.15, 0.2) is 24.3 Å². The number of amides is 1. The highest BCUT2D eigenvalue weighted by atomic mass is 19.4. The second-order valence-corrected chi connectivity index (χ2v) is 4.76. The highest BCUT2D eigenvalue weighted by Gasteiger charge is 2.30. The van der Waals surface area contributed by atoms with Crippen molar-refractivity contribution in [2.24, 2.45) is 5.92 Å². The lowest BCUT2D eigenvalue weighted by molar-refractivity contribution is -0.137. The van der Waals surface area contributed by atoms with E-state index in [0.29, 0.717) is 13.0 Å². The highest BCUT2D eigenvalue weighted by Crippen LogP contribution is 2.29. The van der Waals surface area contributed by atoms with E-state index in [1.54, 1.807) is 0 Å². The zero-order valence-corrected chi connectivity index (χ0v) is 11.2. The van der Waals surface area contributed by atoms with Crippen LogP contribution in [0.25, 0.3) is 0 Å². The molecule has 1 aromatic carbocycles. The van der Waals surface area contributed by atoms with Gasteiger partial charge in [0.2, 0.25) is 0 Å². The van der Waals surface area contributed by atoms with Crippen LogP contribution in [0.2, 0.25) is 0 Å². The van der Waals surface area contributed by atoms with Gasteiger partial charge >= 0.3 is 6.18 Å². The van der Waals surface area contributed by atoms with E-state index in [1.807, 2.05) is 6.92 Å². The summed E-state index contributed by atoms with van der Waals surface area (Å²) in [6, 6.07) is 4.33. The molecule has 0 aliphatic rings. The average Bonchev–Trinajstić information content (AvgIpc) is 2.42. The largest absolute Gasteiger partial charge is 0.416 e. The van der Waals surface area contributed by atoms with E-state index in [9.17, 15) is 18.0 Å². The molecule has 2 N–H and O–H groups in total. The van der Waals surface area contributed by atoms with Crippen molar-refractivity contribution in [1.29, 1.82) is 0 Å². The van der Waals surface area contributed by atoms with Crippen LogP contribution in [0.1, 0.15) is 35.7 Å². The molecular formula is C14H18F3NO2. The van der Waals surface area contributed by atoms with Gasteiger partial charge in [-0.25, -0.2) is 0 Å². The van der Waals surface area contributed by atoms with Crippen LogP contribution in [0.5, 0.6) is 0 Å². The molecule has 1 amide bonds. The van der Waals surface area contributed by atoms with E-state index in [1.165, 1.54) is 12.1 Å². The maximum absolute atomic E-state index is 12.5. The number of aliphatic hydroxyl groups is 1. The summed E-state index contributed by atoms with van der Waals surface area (Å²) in [5.41, 5.74) is -0.839. The van der Waals surface area contributed by atoms with Crippen LogP contribution in [-0.2, 0) is 6.18 Å². The van der Waals surface area contributed by atoms with E-state index in [4.69, 9.17) is 5.11 Å². The second-order valence-electron chi connectivity index (χ2n) is 4.76. The normalized spacial score (nSPS) is 13.1. The Morgan fingerprint density at radius 3 is 2.70 bits per heavy atom. The molecular weight excluding hydrogens is 271 g/mol. The number of rotatable bonds is 6. The number of hydrogen-bond acceptors (Lipinski definition) is 2. The predicted molar refractivity (Wildman–Crippen MR) is 69.3 cm³/mol. The van der Waals surface area contributed by atoms with Crippen molar-refractivity contribution < 1.29 is 23.1 Å². The van der Waals surface area contributed by atoms with Crippen LogP contribution >= 0.6 is 0 Å². The Kier molecular flexibility index (Phi) is 6.01. The summed E-state index contributed by atoms with van der Waals surface area (Å²) < 4.78 is 37.5. The van der Waals surface area contributed by atoms with E-state index in [-0.39, 0.29) is 18.1 Å². The van der Waals surface area contributed by atoms with Gasteiger partial charge < -0.3 is 10.4 Å². The summed E-state index contributed by atoms with van der Waals surface area (Å²) in [5, 5.41) is 11.4. The van der Waals surface area contributed by atoms with Gasteiger partial charge in [-0.3, -0.25) is 4.79 Å². The summed E-state index contributed by atoms with van der Waals surface area (Å²) >= 11 is 0. The van der Waals surface area contributed by atoms with Gasteiger partial charge in [0, 0.05) is 18.7 Å². The molecule has 0 spiro atoms. The first-order valence-corrected chi connectivity index (χ1v) is 6.41. The van der Waals surface area contributed by atoms with E-state index < -0.39 is 17.6 Å². The Labute approximate surface area is 115 Å². The molecule has 112 valence electrons. The SMILES string of the molecule is CC(CO)CCCNC(=O)c1cccc(C(F)(F)F)c1. The summed E-state index contributed by atoms with van der Waals surface area (Å²) in [6.45, 7) is 2.34. The van der Waals surface area contributed by atoms with Crippen molar-refractivity contribution in [3.05, 3.63) is 35.4 Å². The summed E-state index contributed by atoms with van der Waals surface area (Å²) in [5.74, 6) is -0.367. The molecule has 0 heterocycles. The van der Waals surface area contributed by atoms with Crippen molar-refractivity contribution in [3.8, 4) is 0 Å². The van der Waals surface area contributed by atoms with Crippen LogP contribution in [-0.4, -0.2) is 24.2 Å². The number of carbonyl (C=O) groups is 1. The van der Waals surface area contributed by atoms with Gasteiger partial charge in [0.1, 0.15) is 0 Å². The van der Waals surface area contributed by atoms with Gasteiger partial charge in [0.15, 0.2) is 0 Å². The number of alkyl halides is 3. The van der Waals surface area contributed by atoms with E-state index in [2.05, 4.69) is 5.32 Å². The van der Waals surface area contributed by atoms with Crippen LogP contribution in [0.4, 0.5) is 13.2 Å². The molecule has 0 saturated heterocycles. The quantitative estimate of drug-likeness (QED) is 0.791. The Morgan fingerprint density at radius 1 is 1.40 bits per heavy atom. The molecule has 0 fully saturated rings. The Bertz CT molecular complexity index is 446. The van der Waals surface area contributed by atoms with Crippen molar-refractivity contribution in [1.82, 2.24) is 5.32 Å². The molecule has 1 atom stereocenters. The molecule has 6 heteroatoms. The third-order valence-corrected chi connectivity index (χ3v) is 2.92. The summed E-state index contributed by atoms with van der Waals surface area (Å²) in [7, 11) is 0. The fraction of sp³-hybridized carbons (Fsp3) is 0.500. The van der Waals surface area contributed by atoms with Gasteiger partial charge in [0.25, 0.3) is 5.91 Å². The molecule has 0 aliphatic heterocycles. The summed E-state index contributed by atoms with van der Waals surface area (Å²) in [4.78, 5) is 11.7. The Balaban J connectivity index is 2.52. The number of benzene rings is 1. The molecule has 1 aromatic rings. The molecule has 0 radical (unpaired) electrons. The monoisotopic (exact) mass is 289 g/mol.